The van der Waals surface area contributed by atoms with E-state index in [1.165, 1.54) is 0 Å². The van der Waals surface area contributed by atoms with Crippen LogP contribution in [-0.4, -0.2) is 16.8 Å². The van der Waals surface area contributed by atoms with E-state index in [2.05, 4.69) is 10.4 Å². The van der Waals surface area contributed by atoms with E-state index >= 15 is 0 Å². The molecule has 0 amide bonds. The van der Waals surface area contributed by atoms with Crippen LogP contribution in [-0.2, 0) is 7.05 Å². The van der Waals surface area contributed by atoms with Gasteiger partial charge in [0.15, 0.2) is 0 Å². The van der Waals surface area contributed by atoms with Crippen molar-refractivity contribution in [1.29, 1.82) is 0 Å². The monoisotopic (exact) mass is 195 g/mol. The van der Waals surface area contributed by atoms with Gasteiger partial charge in [-0.2, -0.15) is 5.10 Å². The van der Waals surface area contributed by atoms with Crippen LogP contribution in [0.3, 0.4) is 0 Å². The van der Waals surface area contributed by atoms with Gasteiger partial charge in [0.1, 0.15) is 0 Å². The Morgan fingerprint density at radius 3 is 2.92 bits per heavy atom. The van der Waals surface area contributed by atoms with E-state index in [9.17, 15) is 0 Å². The summed E-state index contributed by atoms with van der Waals surface area (Å²) in [6.45, 7) is 0. The van der Waals surface area contributed by atoms with Gasteiger partial charge in [-0.05, 0) is 12.1 Å². The number of anilines is 1. The van der Waals surface area contributed by atoms with Crippen molar-refractivity contribution in [3.8, 4) is 0 Å². The number of benzene rings is 1. The van der Waals surface area contributed by atoms with Crippen molar-refractivity contribution >= 4 is 28.2 Å². The van der Waals surface area contributed by atoms with E-state index in [1.807, 2.05) is 30.9 Å². The third kappa shape index (κ3) is 1.16. The maximum Gasteiger partial charge on any atom is 0.0925 e. The Balaban J connectivity index is 2.88. The van der Waals surface area contributed by atoms with Crippen molar-refractivity contribution in [2.75, 3.05) is 12.4 Å². The molecule has 0 bridgehead atoms. The molecule has 4 heteroatoms. The fraction of sp³-hybridized carbons (Fsp3) is 0.222. The first-order chi connectivity index (χ1) is 6.24. The van der Waals surface area contributed by atoms with Gasteiger partial charge in [0.05, 0.1) is 22.4 Å². The molecular weight excluding hydrogens is 186 g/mol. The normalized spacial score (nSPS) is 10.7. The topological polar surface area (TPSA) is 29.9 Å². The predicted octanol–water partition coefficient (Wildman–Crippen LogP) is 2.27. The zero-order valence-electron chi connectivity index (χ0n) is 7.50. The first-order valence-electron chi connectivity index (χ1n) is 4.02. The number of halogens is 1. The van der Waals surface area contributed by atoms with Crippen LogP contribution in [0.1, 0.15) is 0 Å². The van der Waals surface area contributed by atoms with Crippen LogP contribution >= 0.6 is 11.6 Å². The molecule has 2 rings (SSSR count). The third-order valence-electron chi connectivity index (χ3n) is 2.12. The first-order valence-corrected chi connectivity index (χ1v) is 4.40. The Labute approximate surface area is 81.3 Å². The van der Waals surface area contributed by atoms with Gasteiger partial charge in [-0.1, -0.05) is 11.6 Å². The summed E-state index contributed by atoms with van der Waals surface area (Å²) < 4.78 is 1.81. The van der Waals surface area contributed by atoms with E-state index < -0.39 is 0 Å². The lowest BCUT2D eigenvalue weighted by atomic mass is 10.2. The second kappa shape index (κ2) is 2.92. The maximum atomic E-state index is 6.02. The van der Waals surface area contributed by atoms with Crippen LogP contribution in [0.5, 0.6) is 0 Å². The van der Waals surface area contributed by atoms with Crippen LogP contribution in [0.2, 0.25) is 5.02 Å². The van der Waals surface area contributed by atoms with E-state index in [4.69, 9.17) is 11.6 Å². The van der Waals surface area contributed by atoms with E-state index in [1.54, 1.807) is 6.20 Å². The minimum atomic E-state index is 0.738. The SMILES string of the molecule is CNc1ccc(Cl)c2cnn(C)c12. The number of hydrogen-bond acceptors (Lipinski definition) is 2. The molecule has 13 heavy (non-hydrogen) atoms. The molecular formula is C9H10ClN3. The Kier molecular flexibility index (Phi) is 1.88. The van der Waals surface area contributed by atoms with Crippen molar-refractivity contribution in [2.45, 2.75) is 0 Å². The average molecular weight is 196 g/mol. The Hall–Kier alpha value is -1.22. The summed E-state index contributed by atoms with van der Waals surface area (Å²) in [5.74, 6) is 0. The number of nitrogens with one attached hydrogen (secondary N) is 1. The molecule has 3 nitrogen and oxygen atoms in total. The quantitative estimate of drug-likeness (QED) is 0.757. The van der Waals surface area contributed by atoms with Crippen molar-refractivity contribution < 1.29 is 0 Å². The van der Waals surface area contributed by atoms with Crippen LogP contribution in [0.25, 0.3) is 10.9 Å². The molecule has 0 aliphatic heterocycles. The molecule has 0 spiro atoms. The van der Waals surface area contributed by atoms with Gasteiger partial charge in [-0.25, -0.2) is 0 Å². The van der Waals surface area contributed by atoms with Crippen molar-refractivity contribution in [3.05, 3.63) is 23.4 Å². The molecule has 1 aromatic carbocycles. The molecule has 0 atom stereocenters. The fourth-order valence-corrected chi connectivity index (χ4v) is 1.66. The summed E-state index contributed by atoms with van der Waals surface area (Å²) in [6, 6.07) is 3.82. The highest BCUT2D eigenvalue weighted by Crippen LogP contribution is 2.28. The van der Waals surface area contributed by atoms with E-state index in [0.717, 1.165) is 21.6 Å². The smallest absolute Gasteiger partial charge is 0.0925 e. The highest BCUT2D eigenvalue weighted by Gasteiger charge is 2.07. The molecule has 0 aliphatic rings. The zero-order chi connectivity index (χ0) is 9.42. The van der Waals surface area contributed by atoms with Crippen molar-refractivity contribution in [2.24, 2.45) is 7.05 Å². The van der Waals surface area contributed by atoms with Gasteiger partial charge in [0.2, 0.25) is 0 Å². The molecule has 0 aliphatic carbocycles. The van der Waals surface area contributed by atoms with Crippen LogP contribution < -0.4 is 5.32 Å². The number of hydrogen-bond donors (Lipinski definition) is 1. The molecule has 68 valence electrons. The lowest BCUT2D eigenvalue weighted by Gasteiger charge is -2.04. The first kappa shape index (κ1) is 8.38. The second-order valence-corrected chi connectivity index (χ2v) is 3.28. The molecule has 0 radical (unpaired) electrons. The minimum absolute atomic E-state index is 0.738. The van der Waals surface area contributed by atoms with Crippen LogP contribution in [0.15, 0.2) is 18.3 Å². The number of nitrogens with zero attached hydrogens (tertiary/aromatic N) is 2. The largest absolute Gasteiger partial charge is 0.386 e. The van der Waals surface area contributed by atoms with Gasteiger partial charge in [0, 0.05) is 19.5 Å². The molecule has 1 N–H and O–H groups in total. The standard InChI is InChI=1S/C9H10ClN3/c1-11-8-4-3-7(10)6-5-12-13(2)9(6)8/h3-5,11H,1-2H3. The average Bonchev–Trinajstić information content (AvgIpc) is 2.51. The fourth-order valence-electron chi connectivity index (χ4n) is 1.46. The Morgan fingerprint density at radius 1 is 1.46 bits per heavy atom. The number of fused-ring (bicyclic) bond motifs is 1. The molecule has 0 saturated heterocycles. The lowest BCUT2D eigenvalue weighted by Crippen LogP contribution is -1.95. The molecule has 0 unspecified atom stereocenters. The highest BCUT2D eigenvalue weighted by atomic mass is 35.5. The van der Waals surface area contributed by atoms with Crippen molar-refractivity contribution in [3.63, 3.8) is 0 Å². The van der Waals surface area contributed by atoms with Crippen molar-refractivity contribution in [1.82, 2.24) is 9.78 Å². The molecule has 2 aromatic rings. The second-order valence-electron chi connectivity index (χ2n) is 2.88. The van der Waals surface area contributed by atoms with E-state index in [-0.39, 0.29) is 0 Å². The number of rotatable bonds is 1. The summed E-state index contributed by atoms with van der Waals surface area (Å²) >= 11 is 6.02. The number of aromatic nitrogens is 2. The summed E-state index contributed by atoms with van der Waals surface area (Å²) in [5, 5.41) is 8.98. The number of aryl methyl sites for hydroxylation is 1. The van der Waals surface area contributed by atoms with Gasteiger partial charge >= 0.3 is 0 Å². The Bertz CT molecular complexity index is 447. The molecule has 0 saturated carbocycles. The zero-order valence-corrected chi connectivity index (χ0v) is 8.26. The van der Waals surface area contributed by atoms with Gasteiger partial charge < -0.3 is 5.32 Å². The van der Waals surface area contributed by atoms with Gasteiger partial charge in [-0.15, -0.1) is 0 Å². The Morgan fingerprint density at radius 2 is 2.23 bits per heavy atom. The summed E-state index contributed by atoms with van der Waals surface area (Å²) in [7, 11) is 3.79. The molecule has 0 fully saturated rings. The van der Waals surface area contributed by atoms with Crippen LogP contribution in [0, 0.1) is 0 Å². The molecule has 1 aromatic heterocycles. The highest BCUT2D eigenvalue weighted by molar-refractivity contribution is 6.35. The lowest BCUT2D eigenvalue weighted by molar-refractivity contribution is 0.797. The van der Waals surface area contributed by atoms with E-state index in [0.29, 0.717) is 0 Å². The van der Waals surface area contributed by atoms with Crippen LogP contribution in [0.4, 0.5) is 5.69 Å². The maximum absolute atomic E-state index is 6.02. The van der Waals surface area contributed by atoms with Gasteiger partial charge in [-0.3, -0.25) is 4.68 Å². The molecule has 1 heterocycles. The summed E-state index contributed by atoms with van der Waals surface area (Å²) in [4.78, 5) is 0. The van der Waals surface area contributed by atoms with Gasteiger partial charge in [0.25, 0.3) is 0 Å². The summed E-state index contributed by atoms with van der Waals surface area (Å²) in [6.07, 6.45) is 1.78. The minimum Gasteiger partial charge on any atom is -0.386 e. The predicted molar refractivity (Wildman–Crippen MR) is 55.3 cm³/mol. The summed E-state index contributed by atoms with van der Waals surface area (Å²) in [5.41, 5.74) is 2.08. The third-order valence-corrected chi connectivity index (χ3v) is 2.45.